The van der Waals surface area contributed by atoms with E-state index in [0.717, 1.165) is 35.7 Å². The molecule has 0 saturated carbocycles. The van der Waals surface area contributed by atoms with Gasteiger partial charge in [0.25, 0.3) is 17.4 Å². The summed E-state index contributed by atoms with van der Waals surface area (Å²) < 4.78 is 7.97. The molecule has 7 rings (SSSR count). The third kappa shape index (κ3) is 6.15. The molecule has 3 atom stereocenters. The highest BCUT2D eigenvalue weighted by atomic mass is 79.9. The molecule has 48 heavy (non-hydrogen) atoms. The Balaban J connectivity index is 0.912. The van der Waals surface area contributed by atoms with E-state index in [1.807, 2.05) is 6.07 Å². The maximum Gasteiger partial charge on any atom is 0.282 e. The van der Waals surface area contributed by atoms with Crippen molar-refractivity contribution in [3.05, 3.63) is 85.7 Å². The third-order valence-electron chi connectivity index (χ3n) is 9.64. The number of hydrogen-bond donors (Lipinski definition) is 2. The van der Waals surface area contributed by atoms with Crippen LogP contribution in [0.3, 0.4) is 0 Å². The van der Waals surface area contributed by atoms with Crippen LogP contribution in [-0.2, 0) is 28.0 Å². The van der Waals surface area contributed by atoms with Crippen LogP contribution in [0, 0.1) is 0 Å². The van der Waals surface area contributed by atoms with E-state index < -0.39 is 29.7 Å². The second-order valence-corrected chi connectivity index (χ2v) is 13.8. The van der Waals surface area contributed by atoms with Gasteiger partial charge in [-0.15, -0.1) is 0 Å². The van der Waals surface area contributed by atoms with Crippen LogP contribution in [0.1, 0.15) is 57.0 Å². The Morgan fingerprint density at radius 3 is 2.46 bits per heavy atom. The van der Waals surface area contributed by atoms with Crippen LogP contribution >= 0.6 is 15.9 Å². The van der Waals surface area contributed by atoms with Crippen LogP contribution in [0.4, 0.5) is 11.4 Å². The summed E-state index contributed by atoms with van der Waals surface area (Å²) in [4.78, 5) is 67.7. The number of benzene rings is 2. The first-order valence-corrected chi connectivity index (χ1v) is 16.8. The van der Waals surface area contributed by atoms with Gasteiger partial charge in [0.05, 0.1) is 35.7 Å². The molecule has 0 radical (unpaired) electrons. The highest BCUT2D eigenvalue weighted by Gasteiger charge is 2.45. The van der Waals surface area contributed by atoms with Crippen molar-refractivity contribution >= 4 is 50.9 Å². The normalized spacial score (nSPS) is 23.3. The van der Waals surface area contributed by atoms with Gasteiger partial charge >= 0.3 is 0 Å². The van der Waals surface area contributed by atoms with Crippen LogP contribution < -0.4 is 21.1 Å². The number of hydrogen-bond acceptors (Lipinski definition) is 10. The lowest BCUT2D eigenvalue weighted by atomic mass is 9.88. The zero-order chi connectivity index (χ0) is 33.7. The maximum absolute atomic E-state index is 13.2. The number of ether oxygens (including phenoxy) is 1. The summed E-state index contributed by atoms with van der Waals surface area (Å²) in [6, 6.07) is 12.9. The molecule has 4 aliphatic heterocycles. The minimum atomic E-state index is -0.981. The molecule has 4 amide bonds. The molecular weight excluding hydrogens is 682 g/mol. The number of carbonyl (C=O) groups excluding carboxylic acids is 4. The summed E-state index contributed by atoms with van der Waals surface area (Å²) in [5, 5.41) is 9.88. The number of aromatic nitrogens is 2. The van der Waals surface area contributed by atoms with Crippen molar-refractivity contribution < 1.29 is 23.9 Å². The Morgan fingerprint density at radius 1 is 0.958 bits per heavy atom. The highest BCUT2D eigenvalue weighted by Crippen LogP contribution is 2.33. The molecule has 0 bridgehead atoms. The lowest BCUT2D eigenvalue weighted by Crippen LogP contribution is -2.54. The summed E-state index contributed by atoms with van der Waals surface area (Å²) in [5.41, 5.74) is 4.23. The Labute approximate surface area is 285 Å². The van der Waals surface area contributed by atoms with Crippen molar-refractivity contribution in [1.29, 1.82) is 0 Å². The van der Waals surface area contributed by atoms with Crippen LogP contribution in [0.15, 0.2) is 57.9 Å². The van der Waals surface area contributed by atoms with Crippen LogP contribution in [0.2, 0.25) is 0 Å². The second-order valence-electron chi connectivity index (χ2n) is 13.1. The number of piperidine rings is 2. The van der Waals surface area contributed by atoms with Gasteiger partial charge in [0, 0.05) is 51.4 Å². The molecule has 2 N–H and O–H groups in total. The molecule has 13 nitrogen and oxygen atoms in total. The monoisotopic (exact) mass is 717 g/mol. The van der Waals surface area contributed by atoms with E-state index in [1.54, 1.807) is 25.4 Å². The van der Waals surface area contributed by atoms with Gasteiger partial charge in [0.2, 0.25) is 11.8 Å². The first-order valence-electron chi connectivity index (χ1n) is 16.0. The number of carbonyl (C=O) groups is 4. The van der Waals surface area contributed by atoms with Crippen molar-refractivity contribution in [2.45, 2.75) is 50.0 Å². The van der Waals surface area contributed by atoms with E-state index in [1.165, 1.54) is 10.2 Å². The van der Waals surface area contributed by atoms with Gasteiger partial charge in [-0.05, 0) is 71.1 Å². The van der Waals surface area contributed by atoms with Crippen LogP contribution in [0.25, 0.3) is 0 Å². The van der Waals surface area contributed by atoms with E-state index in [4.69, 9.17) is 4.74 Å². The average Bonchev–Trinajstić information content (AvgIpc) is 3.29. The Kier molecular flexibility index (Phi) is 8.64. The molecule has 14 heteroatoms. The van der Waals surface area contributed by atoms with Crippen molar-refractivity contribution in [2.24, 2.45) is 7.05 Å². The van der Waals surface area contributed by atoms with E-state index in [0.29, 0.717) is 35.8 Å². The summed E-state index contributed by atoms with van der Waals surface area (Å²) in [7, 11) is 3.74. The molecule has 250 valence electrons. The number of anilines is 2. The fraction of sp³-hybridized carbons (Fsp3) is 0.412. The van der Waals surface area contributed by atoms with Gasteiger partial charge in [0.15, 0.2) is 0 Å². The molecule has 0 spiro atoms. The lowest BCUT2D eigenvalue weighted by Gasteiger charge is -2.40. The molecule has 2 aromatic carbocycles. The molecule has 1 aromatic heterocycles. The lowest BCUT2D eigenvalue weighted by molar-refractivity contribution is -0.136. The summed E-state index contributed by atoms with van der Waals surface area (Å²) in [6.07, 6.45) is 2.84. The van der Waals surface area contributed by atoms with Gasteiger partial charge in [-0.25, -0.2) is 4.68 Å². The summed E-state index contributed by atoms with van der Waals surface area (Å²) in [6.45, 7) is 3.59. The zero-order valence-electron chi connectivity index (χ0n) is 26.6. The molecule has 1 unspecified atom stereocenters. The van der Waals surface area contributed by atoms with Crippen LogP contribution in [-0.4, -0.2) is 94.6 Å². The summed E-state index contributed by atoms with van der Waals surface area (Å²) in [5.74, 6) is -1.71. The van der Waals surface area contributed by atoms with E-state index in [-0.39, 0.29) is 41.7 Å². The maximum atomic E-state index is 13.2. The largest absolute Gasteiger partial charge is 0.379 e. The Morgan fingerprint density at radius 2 is 1.71 bits per heavy atom. The van der Waals surface area contributed by atoms with Gasteiger partial charge in [0.1, 0.15) is 10.5 Å². The number of nitrogens with zero attached hydrogens (tertiary/aromatic N) is 5. The van der Waals surface area contributed by atoms with E-state index in [2.05, 4.69) is 72.8 Å². The highest BCUT2D eigenvalue weighted by molar-refractivity contribution is 9.10. The van der Waals surface area contributed by atoms with Gasteiger partial charge in [-0.1, -0.05) is 24.3 Å². The number of fused-ring (bicyclic) bond motifs is 1. The van der Waals surface area contributed by atoms with E-state index in [9.17, 15) is 24.0 Å². The first kappa shape index (κ1) is 32.2. The van der Waals surface area contributed by atoms with E-state index >= 15 is 0 Å². The topological polar surface area (TPSA) is 146 Å². The molecule has 3 saturated heterocycles. The number of nitrogens with one attached hydrogen (secondary N) is 2. The molecule has 3 aromatic rings. The second kappa shape index (κ2) is 12.9. The summed E-state index contributed by atoms with van der Waals surface area (Å²) >= 11 is 3.41. The number of aryl methyl sites for hydroxylation is 1. The number of likely N-dealkylation sites (tertiary alicyclic amines) is 1. The minimum Gasteiger partial charge on any atom is -0.379 e. The Bertz CT molecular complexity index is 1860. The van der Waals surface area contributed by atoms with Crippen molar-refractivity contribution in [2.75, 3.05) is 43.4 Å². The molecule has 5 heterocycles. The number of likely N-dealkylation sites (N-methyl/N-ethyl adjacent to an activating group) is 1. The molecule has 4 aliphatic rings. The zero-order valence-corrected chi connectivity index (χ0v) is 28.2. The van der Waals surface area contributed by atoms with Gasteiger partial charge < -0.3 is 19.9 Å². The van der Waals surface area contributed by atoms with Crippen LogP contribution in [0.5, 0.6) is 0 Å². The predicted octanol–water partition coefficient (Wildman–Crippen LogP) is 2.25. The third-order valence-corrected chi connectivity index (χ3v) is 10.4. The fourth-order valence-electron chi connectivity index (χ4n) is 7.01. The molecule has 0 aliphatic carbocycles. The number of halogens is 1. The first-order chi connectivity index (χ1) is 23.0. The standard InChI is InChI=1S/C34H36BrN7O6/c1-39-14-21(11-22(15-39)37-27-13-36-40(2)34(47)30(27)35)20-5-3-19(4-6-20)18-48-24-16-41(17-24)23-7-8-25-26(12-23)33(46)42(32(25)45)28-9-10-29(43)38-31(28)44/h3-8,12-13,21-22,24,28,37H,9-11,14-18H2,1-2H3,(H,38,43,44)/t21-,22+,28?/m0/s1. The van der Waals surface area contributed by atoms with Gasteiger partial charge in [-0.2, -0.15) is 5.10 Å². The van der Waals surface area contributed by atoms with Crippen molar-refractivity contribution in [3.63, 3.8) is 0 Å². The quantitative estimate of drug-likeness (QED) is 0.333. The Hall–Kier alpha value is -4.40. The molecular formula is C34H36BrN7O6. The molecule has 3 fully saturated rings. The van der Waals surface area contributed by atoms with Crippen molar-refractivity contribution in [3.8, 4) is 0 Å². The SMILES string of the molecule is CN1C[C@H](Nc2cnn(C)c(=O)c2Br)C[C@H](c2ccc(COC3CN(c4ccc5c(c4)C(=O)N(C4CCC(=O)NC4=O)C5=O)C3)cc2)C1. The van der Waals surface area contributed by atoms with Crippen molar-refractivity contribution in [1.82, 2.24) is 24.9 Å². The smallest absolute Gasteiger partial charge is 0.282 e. The number of amides is 4. The number of imide groups is 2. The van der Waals surface area contributed by atoms with Gasteiger partial charge in [-0.3, -0.25) is 34.2 Å². The predicted molar refractivity (Wildman–Crippen MR) is 180 cm³/mol. The number of rotatable bonds is 8. The average molecular weight is 719 g/mol. The fourth-order valence-corrected chi connectivity index (χ4v) is 7.48. The minimum absolute atomic E-state index is 0.0256.